The summed E-state index contributed by atoms with van der Waals surface area (Å²) >= 11 is 0. The number of rotatable bonds is 5. The fourth-order valence-corrected chi connectivity index (χ4v) is 3.53. The Morgan fingerprint density at radius 3 is 2.69 bits per heavy atom. The standard InChI is InChI=1S/C23H23N3O3/c1-24-23(28)20-11-19(18-6-4-16(15-27)5-7-18)12-21-22(20)29-10-9-26(21)14-17-3-2-8-25-13-17/h2-8,11-13,27H,9-10,14-15H2,1H3,(H,24,28). The number of benzene rings is 2. The molecule has 6 nitrogen and oxygen atoms in total. The molecule has 0 bridgehead atoms. The number of anilines is 1. The molecular formula is C23H23N3O3. The highest BCUT2D eigenvalue weighted by molar-refractivity contribution is 6.00. The topological polar surface area (TPSA) is 74.7 Å². The maximum atomic E-state index is 12.6. The van der Waals surface area contributed by atoms with Crippen molar-refractivity contribution in [2.75, 3.05) is 25.1 Å². The van der Waals surface area contributed by atoms with Crippen LogP contribution >= 0.6 is 0 Å². The second kappa shape index (κ2) is 8.32. The summed E-state index contributed by atoms with van der Waals surface area (Å²) in [5.74, 6) is 0.425. The van der Waals surface area contributed by atoms with Gasteiger partial charge in [-0.25, -0.2) is 0 Å². The monoisotopic (exact) mass is 389 g/mol. The highest BCUT2D eigenvalue weighted by Gasteiger charge is 2.25. The quantitative estimate of drug-likeness (QED) is 0.702. The molecule has 0 saturated carbocycles. The molecule has 0 atom stereocenters. The number of nitrogens with zero attached hydrogens (tertiary/aromatic N) is 2. The number of aliphatic hydroxyl groups is 1. The molecule has 1 aliphatic heterocycles. The molecule has 2 N–H and O–H groups in total. The Hall–Kier alpha value is -3.38. The van der Waals surface area contributed by atoms with E-state index in [2.05, 4.69) is 21.3 Å². The smallest absolute Gasteiger partial charge is 0.254 e. The number of hydrogen-bond acceptors (Lipinski definition) is 5. The third-order valence-corrected chi connectivity index (χ3v) is 5.06. The summed E-state index contributed by atoms with van der Waals surface area (Å²) < 4.78 is 5.92. The predicted octanol–water partition coefficient (Wildman–Crippen LogP) is 3.00. The minimum atomic E-state index is -0.182. The van der Waals surface area contributed by atoms with Crippen molar-refractivity contribution in [3.05, 3.63) is 77.6 Å². The fourth-order valence-electron chi connectivity index (χ4n) is 3.53. The van der Waals surface area contributed by atoms with E-state index >= 15 is 0 Å². The average Bonchev–Trinajstić information content (AvgIpc) is 2.79. The van der Waals surface area contributed by atoms with Crippen molar-refractivity contribution in [3.8, 4) is 16.9 Å². The van der Waals surface area contributed by atoms with E-state index in [9.17, 15) is 9.90 Å². The summed E-state index contributed by atoms with van der Waals surface area (Å²) in [5.41, 5.74) is 5.25. The third-order valence-electron chi connectivity index (χ3n) is 5.06. The first-order chi connectivity index (χ1) is 14.2. The van der Waals surface area contributed by atoms with Gasteiger partial charge in [-0.1, -0.05) is 30.3 Å². The van der Waals surface area contributed by atoms with E-state index < -0.39 is 0 Å². The molecule has 6 heteroatoms. The molecule has 2 heterocycles. The van der Waals surface area contributed by atoms with E-state index in [4.69, 9.17) is 4.74 Å². The van der Waals surface area contributed by atoms with Gasteiger partial charge in [0.25, 0.3) is 5.91 Å². The van der Waals surface area contributed by atoms with E-state index in [0.29, 0.717) is 24.5 Å². The van der Waals surface area contributed by atoms with Crippen LogP contribution in [0.1, 0.15) is 21.5 Å². The van der Waals surface area contributed by atoms with E-state index in [0.717, 1.165) is 34.5 Å². The van der Waals surface area contributed by atoms with Crippen molar-refractivity contribution in [2.24, 2.45) is 0 Å². The Balaban J connectivity index is 1.79. The average molecular weight is 389 g/mol. The first-order valence-corrected chi connectivity index (χ1v) is 9.56. The minimum absolute atomic E-state index is 0.000682. The molecule has 29 heavy (non-hydrogen) atoms. The lowest BCUT2D eigenvalue weighted by molar-refractivity contribution is 0.0958. The summed E-state index contributed by atoms with van der Waals surface area (Å²) in [4.78, 5) is 19.0. The van der Waals surface area contributed by atoms with E-state index in [1.165, 1.54) is 0 Å². The van der Waals surface area contributed by atoms with Crippen molar-refractivity contribution in [2.45, 2.75) is 13.2 Å². The molecule has 1 amide bonds. The molecule has 1 aromatic heterocycles. The van der Waals surface area contributed by atoms with Crippen LogP contribution in [0, 0.1) is 0 Å². The van der Waals surface area contributed by atoms with Gasteiger partial charge in [-0.3, -0.25) is 9.78 Å². The van der Waals surface area contributed by atoms with Gasteiger partial charge >= 0.3 is 0 Å². The largest absolute Gasteiger partial charge is 0.489 e. The Bertz CT molecular complexity index is 1000. The van der Waals surface area contributed by atoms with Crippen LogP contribution in [0.2, 0.25) is 0 Å². The lowest BCUT2D eigenvalue weighted by atomic mass is 9.98. The number of carbonyl (C=O) groups excluding carboxylic acids is 1. The van der Waals surface area contributed by atoms with Crippen molar-refractivity contribution in [1.29, 1.82) is 0 Å². The lowest BCUT2D eigenvalue weighted by Crippen LogP contribution is -2.33. The van der Waals surface area contributed by atoms with Crippen LogP contribution in [0.5, 0.6) is 5.75 Å². The Labute approximate surface area is 169 Å². The van der Waals surface area contributed by atoms with Crippen molar-refractivity contribution < 1.29 is 14.6 Å². The Morgan fingerprint density at radius 2 is 2.00 bits per heavy atom. The van der Waals surface area contributed by atoms with Gasteiger partial charge in [0, 0.05) is 26.0 Å². The number of aliphatic hydroxyl groups excluding tert-OH is 1. The molecule has 0 unspecified atom stereocenters. The molecule has 2 aromatic carbocycles. The number of ether oxygens (including phenoxy) is 1. The molecular weight excluding hydrogens is 366 g/mol. The highest BCUT2D eigenvalue weighted by Crippen LogP contribution is 2.40. The van der Waals surface area contributed by atoms with Crippen molar-refractivity contribution in [3.63, 3.8) is 0 Å². The predicted molar refractivity (Wildman–Crippen MR) is 112 cm³/mol. The Kier molecular flexibility index (Phi) is 5.44. The Morgan fingerprint density at radius 1 is 1.17 bits per heavy atom. The molecule has 0 fully saturated rings. The van der Waals surface area contributed by atoms with Crippen LogP contribution in [0.4, 0.5) is 5.69 Å². The number of fused-ring (bicyclic) bond motifs is 1. The van der Waals surface area contributed by atoms with Crippen molar-refractivity contribution in [1.82, 2.24) is 10.3 Å². The zero-order valence-electron chi connectivity index (χ0n) is 16.3. The van der Waals surface area contributed by atoms with Crippen LogP contribution < -0.4 is 15.0 Å². The minimum Gasteiger partial charge on any atom is -0.489 e. The number of carbonyl (C=O) groups is 1. The van der Waals surface area contributed by atoms with Crippen LogP contribution in [0.25, 0.3) is 11.1 Å². The maximum Gasteiger partial charge on any atom is 0.254 e. The molecule has 4 rings (SSSR count). The molecule has 0 saturated heterocycles. The molecule has 0 radical (unpaired) electrons. The van der Waals surface area contributed by atoms with E-state index in [-0.39, 0.29) is 12.5 Å². The van der Waals surface area contributed by atoms with Crippen LogP contribution in [0.3, 0.4) is 0 Å². The SMILES string of the molecule is CNC(=O)c1cc(-c2ccc(CO)cc2)cc2c1OCCN2Cc1cccnc1. The normalized spacial score (nSPS) is 12.8. The van der Waals surface area contributed by atoms with Gasteiger partial charge in [0.05, 0.1) is 24.4 Å². The highest BCUT2D eigenvalue weighted by atomic mass is 16.5. The summed E-state index contributed by atoms with van der Waals surface area (Å²) in [6.07, 6.45) is 3.61. The summed E-state index contributed by atoms with van der Waals surface area (Å²) in [6.45, 7) is 1.93. The van der Waals surface area contributed by atoms with Gasteiger partial charge in [0.2, 0.25) is 0 Å². The maximum absolute atomic E-state index is 12.6. The van der Waals surface area contributed by atoms with Crippen molar-refractivity contribution >= 4 is 11.6 Å². The molecule has 0 aliphatic carbocycles. The van der Waals surface area contributed by atoms with Gasteiger partial charge in [-0.05, 0) is 40.5 Å². The van der Waals surface area contributed by atoms with Crippen LogP contribution in [0.15, 0.2) is 60.9 Å². The summed E-state index contributed by atoms with van der Waals surface area (Å²) in [5, 5.41) is 12.0. The van der Waals surface area contributed by atoms with E-state index in [1.54, 1.807) is 13.2 Å². The number of amides is 1. The summed E-state index contributed by atoms with van der Waals surface area (Å²) in [6, 6.07) is 15.6. The number of pyridine rings is 1. The fraction of sp³-hybridized carbons (Fsp3) is 0.217. The van der Waals surface area contributed by atoms with Crippen LogP contribution in [-0.2, 0) is 13.2 Å². The second-order valence-corrected chi connectivity index (χ2v) is 6.94. The number of nitrogens with one attached hydrogen (secondary N) is 1. The first kappa shape index (κ1) is 19.0. The lowest BCUT2D eigenvalue weighted by Gasteiger charge is -2.33. The zero-order valence-corrected chi connectivity index (χ0v) is 16.3. The molecule has 1 aliphatic rings. The van der Waals surface area contributed by atoms with E-state index in [1.807, 2.05) is 48.7 Å². The first-order valence-electron chi connectivity index (χ1n) is 9.56. The van der Waals surface area contributed by atoms with Gasteiger partial charge in [0.15, 0.2) is 5.75 Å². The van der Waals surface area contributed by atoms with Gasteiger partial charge < -0.3 is 20.1 Å². The molecule has 148 valence electrons. The number of aromatic nitrogens is 1. The summed E-state index contributed by atoms with van der Waals surface area (Å²) in [7, 11) is 1.62. The second-order valence-electron chi connectivity index (χ2n) is 6.94. The zero-order chi connectivity index (χ0) is 20.2. The molecule has 3 aromatic rings. The van der Waals surface area contributed by atoms with Gasteiger partial charge in [0.1, 0.15) is 6.61 Å². The third kappa shape index (κ3) is 3.93. The van der Waals surface area contributed by atoms with Gasteiger partial charge in [-0.15, -0.1) is 0 Å². The number of hydrogen-bond donors (Lipinski definition) is 2. The molecule has 0 spiro atoms. The van der Waals surface area contributed by atoms with Gasteiger partial charge in [-0.2, -0.15) is 0 Å². The van der Waals surface area contributed by atoms with Crippen LogP contribution in [-0.4, -0.2) is 36.2 Å².